The van der Waals surface area contributed by atoms with Crippen molar-refractivity contribution < 1.29 is 28.1 Å². The van der Waals surface area contributed by atoms with E-state index < -0.39 is 33.8 Å². The minimum absolute atomic E-state index is 0.405. The molecule has 0 heterocycles. The molecular weight excluding hydrogens is 245 g/mol. The lowest BCUT2D eigenvalue weighted by Gasteiger charge is -2.08. The molecule has 0 bridgehead atoms. The number of nitrogens with zero attached hydrogens (tertiary/aromatic N) is 1. The Balaban J connectivity index is 3.37. The van der Waals surface area contributed by atoms with Crippen LogP contribution < -0.4 is 5.48 Å². The number of hydrogen-bond donors (Lipinski definition) is 2. The molecule has 0 spiro atoms. The number of carbonyl (C=O) groups excluding carboxylic acids is 1. The van der Waals surface area contributed by atoms with Crippen LogP contribution in [-0.4, -0.2) is 16.0 Å². The van der Waals surface area contributed by atoms with Gasteiger partial charge < -0.3 is 0 Å². The highest BCUT2D eigenvalue weighted by molar-refractivity contribution is 5.94. The molecule has 0 atom stereocenters. The van der Waals surface area contributed by atoms with E-state index in [0.717, 1.165) is 11.5 Å². The number of halogens is 3. The highest BCUT2D eigenvalue weighted by Gasteiger charge is 2.38. The standard InChI is InChI=1S/C8H5F3N2O4/c9-8(10,11)5-2-1-4(7(14)12-15)3-6(5)13(16)17/h1-3,15H,(H,12,14). The first kappa shape index (κ1) is 12.9. The summed E-state index contributed by atoms with van der Waals surface area (Å²) in [5.41, 5.74) is -2.00. The minimum Gasteiger partial charge on any atom is -0.288 e. The number of alkyl halides is 3. The van der Waals surface area contributed by atoms with E-state index in [-0.39, 0.29) is 0 Å². The summed E-state index contributed by atoms with van der Waals surface area (Å²) < 4.78 is 37.1. The number of rotatable bonds is 2. The zero-order chi connectivity index (χ0) is 13.2. The van der Waals surface area contributed by atoms with Gasteiger partial charge in [0.15, 0.2) is 0 Å². The van der Waals surface area contributed by atoms with Crippen molar-refractivity contribution in [1.29, 1.82) is 0 Å². The van der Waals surface area contributed by atoms with Crippen LogP contribution in [0.5, 0.6) is 0 Å². The molecule has 1 rings (SSSR count). The normalized spacial score (nSPS) is 11.1. The van der Waals surface area contributed by atoms with E-state index in [2.05, 4.69) is 0 Å². The first-order valence-electron chi connectivity index (χ1n) is 4.07. The average Bonchev–Trinajstić information content (AvgIpc) is 2.25. The third-order valence-corrected chi connectivity index (χ3v) is 1.86. The van der Waals surface area contributed by atoms with Crippen LogP contribution >= 0.6 is 0 Å². The first-order chi connectivity index (χ1) is 7.77. The number of benzene rings is 1. The largest absolute Gasteiger partial charge is 0.422 e. The molecule has 17 heavy (non-hydrogen) atoms. The number of amides is 1. The summed E-state index contributed by atoms with van der Waals surface area (Å²) >= 11 is 0. The molecule has 0 radical (unpaired) electrons. The van der Waals surface area contributed by atoms with Gasteiger partial charge in [-0.25, -0.2) is 5.48 Å². The Kier molecular flexibility index (Phi) is 3.32. The van der Waals surface area contributed by atoms with Gasteiger partial charge in [0, 0.05) is 11.6 Å². The molecule has 0 saturated carbocycles. The summed E-state index contributed by atoms with van der Waals surface area (Å²) in [5.74, 6) is -1.14. The van der Waals surface area contributed by atoms with E-state index in [1.165, 1.54) is 0 Å². The van der Waals surface area contributed by atoms with Gasteiger partial charge in [-0.15, -0.1) is 0 Å². The second-order valence-electron chi connectivity index (χ2n) is 2.93. The van der Waals surface area contributed by atoms with Crippen LogP contribution in [0.15, 0.2) is 18.2 Å². The van der Waals surface area contributed by atoms with Gasteiger partial charge in [0.2, 0.25) is 0 Å². The van der Waals surface area contributed by atoms with Crippen molar-refractivity contribution in [2.45, 2.75) is 6.18 Å². The second kappa shape index (κ2) is 4.37. The molecule has 0 unspecified atom stereocenters. The molecule has 9 heteroatoms. The number of nitro benzene ring substituents is 1. The molecule has 1 amide bonds. The molecule has 1 aromatic rings. The fraction of sp³-hybridized carbons (Fsp3) is 0.125. The lowest BCUT2D eigenvalue weighted by atomic mass is 10.1. The summed E-state index contributed by atoms with van der Waals surface area (Å²) in [6.07, 6.45) is -4.89. The van der Waals surface area contributed by atoms with Crippen LogP contribution in [0.4, 0.5) is 18.9 Å². The third kappa shape index (κ3) is 2.69. The molecule has 0 aliphatic carbocycles. The lowest BCUT2D eigenvalue weighted by Crippen LogP contribution is -2.19. The highest BCUT2D eigenvalue weighted by atomic mass is 19.4. The number of nitrogens with one attached hydrogen (secondary N) is 1. The van der Waals surface area contributed by atoms with E-state index >= 15 is 0 Å². The van der Waals surface area contributed by atoms with Gasteiger partial charge in [0.25, 0.3) is 11.6 Å². The van der Waals surface area contributed by atoms with E-state index in [9.17, 15) is 28.1 Å². The van der Waals surface area contributed by atoms with Gasteiger partial charge in [0.05, 0.1) is 4.92 Å². The van der Waals surface area contributed by atoms with Crippen molar-refractivity contribution in [2.75, 3.05) is 0 Å². The van der Waals surface area contributed by atoms with E-state index in [1.54, 1.807) is 0 Å². The van der Waals surface area contributed by atoms with Crippen LogP contribution in [0.2, 0.25) is 0 Å². The van der Waals surface area contributed by atoms with Gasteiger partial charge in [-0.2, -0.15) is 13.2 Å². The average molecular weight is 250 g/mol. The smallest absolute Gasteiger partial charge is 0.288 e. The van der Waals surface area contributed by atoms with Crippen LogP contribution in [0, 0.1) is 10.1 Å². The summed E-state index contributed by atoms with van der Waals surface area (Å²) in [4.78, 5) is 20.1. The zero-order valence-corrected chi connectivity index (χ0v) is 7.99. The van der Waals surface area contributed by atoms with Crippen molar-refractivity contribution in [1.82, 2.24) is 5.48 Å². The Labute approximate surface area is 91.8 Å². The summed E-state index contributed by atoms with van der Waals surface area (Å²) in [7, 11) is 0. The fourth-order valence-electron chi connectivity index (χ4n) is 1.13. The predicted octanol–water partition coefficient (Wildman–Crippen LogP) is 1.73. The van der Waals surface area contributed by atoms with Gasteiger partial charge in [-0.3, -0.25) is 20.1 Å². The van der Waals surface area contributed by atoms with Crippen LogP contribution in [0.3, 0.4) is 0 Å². The second-order valence-corrected chi connectivity index (χ2v) is 2.93. The maximum absolute atomic E-state index is 12.4. The van der Waals surface area contributed by atoms with Gasteiger partial charge in [0.1, 0.15) is 5.56 Å². The lowest BCUT2D eigenvalue weighted by molar-refractivity contribution is -0.388. The summed E-state index contributed by atoms with van der Waals surface area (Å²) in [6.45, 7) is 0. The molecule has 6 nitrogen and oxygen atoms in total. The van der Waals surface area contributed by atoms with E-state index in [4.69, 9.17) is 5.21 Å². The monoisotopic (exact) mass is 250 g/mol. The Morgan fingerprint density at radius 1 is 1.41 bits per heavy atom. The van der Waals surface area contributed by atoms with Gasteiger partial charge in [-0.1, -0.05) is 0 Å². The minimum atomic E-state index is -4.89. The molecule has 2 N–H and O–H groups in total. The van der Waals surface area contributed by atoms with E-state index in [0.29, 0.717) is 12.1 Å². The van der Waals surface area contributed by atoms with Crippen molar-refractivity contribution in [3.8, 4) is 0 Å². The maximum atomic E-state index is 12.4. The molecule has 0 aliphatic heterocycles. The Morgan fingerprint density at radius 2 is 2.00 bits per heavy atom. The van der Waals surface area contributed by atoms with Crippen LogP contribution in [0.1, 0.15) is 15.9 Å². The number of hydroxylamine groups is 1. The predicted molar refractivity (Wildman–Crippen MR) is 47.4 cm³/mol. The Bertz CT molecular complexity index is 472. The first-order valence-corrected chi connectivity index (χ1v) is 4.07. The third-order valence-electron chi connectivity index (χ3n) is 1.86. The molecule has 0 saturated heterocycles. The SMILES string of the molecule is O=C(NO)c1ccc(C(F)(F)F)c([N+](=O)[O-])c1. The van der Waals surface area contributed by atoms with Crippen LogP contribution in [-0.2, 0) is 6.18 Å². The number of hydrogen-bond acceptors (Lipinski definition) is 4. The topological polar surface area (TPSA) is 92.5 Å². The Hall–Kier alpha value is -2.16. The van der Waals surface area contributed by atoms with Crippen molar-refractivity contribution in [3.05, 3.63) is 39.4 Å². The molecule has 92 valence electrons. The van der Waals surface area contributed by atoms with Crippen molar-refractivity contribution >= 4 is 11.6 Å². The molecule has 0 aliphatic rings. The van der Waals surface area contributed by atoms with Crippen molar-refractivity contribution in [3.63, 3.8) is 0 Å². The Morgan fingerprint density at radius 3 is 2.41 bits per heavy atom. The van der Waals surface area contributed by atoms with Gasteiger partial charge >= 0.3 is 6.18 Å². The molecular formula is C8H5F3N2O4. The van der Waals surface area contributed by atoms with E-state index in [1.807, 2.05) is 0 Å². The van der Waals surface area contributed by atoms with Crippen LogP contribution in [0.25, 0.3) is 0 Å². The maximum Gasteiger partial charge on any atom is 0.422 e. The molecule has 1 aromatic carbocycles. The number of nitro groups is 1. The molecule has 0 fully saturated rings. The van der Waals surface area contributed by atoms with Gasteiger partial charge in [-0.05, 0) is 12.1 Å². The number of carbonyl (C=O) groups is 1. The molecule has 0 aromatic heterocycles. The zero-order valence-electron chi connectivity index (χ0n) is 7.99. The van der Waals surface area contributed by atoms with Crippen molar-refractivity contribution in [2.24, 2.45) is 0 Å². The fourth-order valence-corrected chi connectivity index (χ4v) is 1.13. The summed E-state index contributed by atoms with van der Waals surface area (Å²) in [6, 6.07) is 1.57. The summed E-state index contributed by atoms with van der Waals surface area (Å²) in [5, 5.41) is 18.7. The highest BCUT2D eigenvalue weighted by Crippen LogP contribution is 2.36. The quantitative estimate of drug-likeness (QED) is 0.475.